The largest absolute Gasteiger partial charge is 0.506 e. The van der Waals surface area contributed by atoms with Gasteiger partial charge in [0, 0.05) is 21.7 Å². The van der Waals surface area contributed by atoms with Crippen LogP contribution in [0.2, 0.25) is 0 Å². The maximum atomic E-state index is 9.66. The van der Waals surface area contributed by atoms with Crippen molar-refractivity contribution in [2.45, 2.75) is 24.0 Å². The van der Waals surface area contributed by atoms with Gasteiger partial charge in [-0.25, -0.2) is 0 Å². The topological polar surface area (TPSA) is 33.1 Å². The van der Waals surface area contributed by atoms with E-state index in [2.05, 4.69) is 18.8 Å². The van der Waals surface area contributed by atoms with Crippen LogP contribution in [-0.2, 0) is 0 Å². The lowest BCUT2D eigenvalue weighted by Gasteiger charge is -2.08. The summed E-state index contributed by atoms with van der Waals surface area (Å²) in [6, 6.07) is 7.50. The molecular weight excluding hydrogens is 206 g/mol. The molecule has 0 aliphatic heterocycles. The second-order valence-corrected chi connectivity index (χ2v) is 5.27. The van der Waals surface area contributed by atoms with Crippen molar-refractivity contribution in [3.05, 3.63) is 30.5 Å². The van der Waals surface area contributed by atoms with Crippen LogP contribution < -0.4 is 0 Å². The van der Waals surface area contributed by atoms with Crippen molar-refractivity contribution in [2.75, 3.05) is 0 Å². The molecule has 2 nitrogen and oxygen atoms in total. The van der Waals surface area contributed by atoms with Crippen molar-refractivity contribution >= 4 is 22.7 Å². The highest BCUT2D eigenvalue weighted by atomic mass is 32.2. The molecule has 1 N–H and O–H groups in total. The second-order valence-electron chi connectivity index (χ2n) is 3.65. The SMILES string of the molecule is CC(C)Sc1ccnc2c(O)cccc12. The fourth-order valence-corrected chi connectivity index (χ4v) is 2.43. The molecule has 2 aromatic rings. The van der Waals surface area contributed by atoms with Crippen LogP contribution in [-0.4, -0.2) is 15.3 Å². The number of para-hydroxylation sites is 1. The van der Waals surface area contributed by atoms with Gasteiger partial charge in [-0.1, -0.05) is 26.0 Å². The number of hydrogen-bond donors (Lipinski definition) is 1. The molecule has 0 bridgehead atoms. The molecule has 0 aliphatic rings. The summed E-state index contributed by atoms with van der Waals surface area (Å²) in [4.78, 5) is 5.36. The third kappa shape index (κ3) is 2.07. The summed E-state index contributed by atoms with van der Waals surface area (Å²) in [7, 11) is 0. The van der Waals surface area contributed by atoms with E-state index in [-0.39, 0.29) is 5.75 Å². The molecule has 1 heterocycles. The Bertz CT molecular complexity index is 482. The van der Waals surface area contributed by atoms with Gasteiger partial charge in [-0.3, -0.25) is 4.98 Å². The zero-order valence-corrected chi connectivity index (χ0v) is 9.58. The zero-order chi connectivity index (χ0) is 10.8. The van der Waals surface area contributed by atoms with Crippen LogP contribution in [0.25, 0.3) is 10.9 Å². The van der Waals surface area contributed by atoms with E-state index < -0.39 is 0 Å². The highest BCUT2D eigenvalue weighted by molar-refractivity contribution is 8.00. The van der Waals surface area contributed by atoms with Crippen LogP contribution in [0.3, 0.4) is 0 Å². The Morgan fingerprint density at radius 1 is 1.27 bits per heavy atom. The van der Waals surface area contributed by atoms with Crippen molar-refractivity contribution in [1.29, 1.82) is 0 Å². The van der Waals surface area contributed by atoms with E-state index in [4.69, 9.17) is 0 Å². The quantitative estimate of drug-likeness (QED) is 0.785. The van der Waals surface area contributed by atoms with Crippen LogP contribution >= 0.6 is 11.8 Å². The number of hydrogen-bond acceptors (Lipinski definition) is 3. The summed E-state index contributed by atoms with van der Waals surface area (Å²) in [6.07, 6.45) is 1.74. The summed E-state index contributed by atoms with van der Waals surface area (Å²) in [5.41, 5.74) is 0.683. The number of pyridine rings is 1. The van der Waals surface area contributed by atoms with Gasteiger partial charge in [-0.2, -0.15) is 0 Å². The fraction of sp³-hybridized carbons (Fsp3) is 0.250. The van der Waals surface area contributed by atoms with Gasteiger partial charge in [0.1, 0.15) is 11.3 Å². The summed E-state index contributed by atoms with van der Waals surface area (Å²) in [6.45, 7) is 4.31. The fourth-order valence-electron chi connectivity index (χ4n) is 1.49. The van der Waals surface area contributed by atoms with E-state index >= 15 is 0 Å². The lowest BCUT2D eigenvalue weighted by molar-refractivity contribution is 0.480. The predicted octanol–water partition coefficient (Wildman–Crippen LogP) is 3.44. The van der Waals surface area contributed by atoms with Crippen molar-refractivity contribution in [1.82, 2.24) is 4.98 Å². The second kappa shape index (κ2) is 4.11. The number of nitrogens with zero attached hydrogens (tertiary/aromatic N) is 1. The number of benzene rings is 1. The van der Waals surface area contributed by atoms with E-state index in [1.54, 1.807) is 24.0 Å². The molecule has 0 saturated carbocycles. The Labute approximate surface area is 93.3 Å². The first-order chi connectivity index (χ1) is 7.18. The van der Waals surface area contributed by atoms with E-state index in [1.807, 2.05) is 18.2 Å². The third-order valence-electron chi connectivity index (χ3n) is 2.07. The summed E-state index contributed by atoms with van der Waals surface area (Å²) in [5, 5.41) is 11.2. The molecule has 0 radical (unpaired) electrons. The molecule has 0 spiro atoms. The third-order valence-corrected chi connectivity index (χ3v) is 3.15. The molecular formula is C12H13NOS. The Kier molecular flexibility index (Phi) is 2.82. The Morgan fingerprint density at radius 3 is 2.80 bits per heavy atom. The van der Waals surface area contributed by atoms with E-state index in [0.717, 1.165) is 5.39 Å². The van der Waals surface area contributed by atoms with Gasteiger partial charge in [-0.05, 0) is 12.1 Å². The number of phenolic OH excluding ortho intramolecular Hbond substituents is 1. The number of rotatable bonds is 2. The molecule has 0 amide bonds. The van der Waals surface area contributed by atoms with Gasteiger partial charge in [0.2, 0.25) is 0 Å². The highest BCUT2D eigenvalue weighted by Gasteiger charge is 2.06. The number of aromatic nitrogens is 1. The van der Waals surface area contributed by atoms with E-state index in [9.17, 15) is 5.11 Å². The van der Waals surface area contributed by atoms with Crippen LogP contribution in [0, 0.1) is 0 Å². The average molecular weight is 219 g/mol. The zero-order valence-electron chi connectivity index (χ0n) is 8.77. The summed E-state index contributed by atoms with van der Waals surface area (Å²) in [5.74, 6) is 0.249. The molecule has 0 unspecified atom stereocenters. The first-order valence-electron chi connectivity index (χ1n) is 4.92. The Morgan fingerprint density at radius 2 is 2.07 bits per heavy atom. The van der Waals surface area contributed by atoms with Gasteiger partial charge in [0.15, 0.2) is 0 Å². The molecule has 78 valence electrons. The predicted molar refractivity (Wildman–Crippen MR) is 64.4 cm³/mol. The number of phenols is 1. The first-order valence-corrected chi connectivity index (χ1v) is 5.80. The minimum Gasteiger partial charge on any atom is -0.506 e. The lowest BCUT2D eigenvalue weighted by Crippen LogP contribution is -1.88. The maximum Gasteiger partial charge on any atom is 0.141 e. The first kappa shape index (κ1) is 10.3. The number of aromatic hydroxyl groups is 1. The Hall–Kier alpha value is -1.22. The van der Waals surface area contributed by atoms with Crippen LogP contribution in [0.1, 0.15) is 13.8 Å². The molecule has 2 rings (SSSR count). The van der Waals surface area contributed by atoms with Gasteiger partial charge in [0.25, 0.3) is 0 Å². The number of thioether (sulfide) groups is 1. The molecule has 15 heavy (non-hydrogen) atoms. The molecule has 0 aliphatic carbocycles. The van der Waals surface area contributed by atoms with Gasteiger partial charge in [-0.15, -0.1) is 11.8 Å². The van der Waals surface area contributed by atoms with Crippen molar-refractivity contribution in [2.24, 2.45) is 0 Å². The van der Waals surface area contributed by atoms with Crippen LogP contribution in [0.4, 0.5) is 0 Å². The van der Waals surface area contributed by atoms with E-state index in [0.29, 0.717) is 10.8 Å². The van der Waals surface area contributed by atoms with Crippen molar-refractivity contribution in [3.8, 4) is 5.75 Å². The highest BCUT2D eigenvalue weighted by Crippen LogP contribution is 2.32. The normalized spacial score (nSPS) is 11.1. The smallest absolute Gasteiger partial charge is 0.141 e. The Balaban J connectivity index is 2.61. The van der Waals surface area contributed by atoms with Crippen molar-refractivity contribution in [3.63, 3.8) is 0 Å². The maximum absolute atomic E-state index is 9.66. The van der Waals surface area contributed by atoms with Crippen LogP contribution in [0.15, 0.2) is 35.4 Å². The summed E-state index contributed by atoms with van der Waals surface area (Å²) >= 11 is 1.79. The standard InChI is InChI=1S/C12H13NOS/c1-8(2)15-11-6-7-13-12-9(11)4-3-5-10(12)14/h3-8,14H,1-2H3. The molecule has 3 heteroatoms. The average Bonchev–Trinajstić information content (AvgIpc) is 2.19. The minimum atomic E-state index is 0.249. The molecule has 0 saturated heterocycles. The van der Waals surface area contributed by atoms with Gasteiger partial charge < -0.3 is 5.11 Å². The molecule has 0 atom stereocenters. The monoisotopic (exact) mass is 219 g/mol. The van der Waals surface area contributed by atoms with E-state index in [1.165, 1.54) is 4.90 Å². The van der Waals surface area contributed by atoms with Crippen LogP contribution in [0.5, 0.6) is 5.75 Å². The molecule has 0 fully saturated rings. The minimum absolute atomic E-state index is 0.249. The number of fused-ring (bicyclic) bond motifs is 1. The molecule has 1 aromatic heterocycles. The van der Waals surface area contributed by atoms with Crippen molar-refractivity contribution < 1.29 is 5.11 Å². The molecule has 1 aromatic carbocycles. The summed E-state index contributed by atoms with van der Waals surface area (Å²) < 4.78 is 0. The van der Waals surface area contributed by atoms with Gasteiger partial charge >= 0.3 is 0 Å². The lowest BCUT2D eigenvalue weighted by atomic mass is 10.2. The van der Waals surface area contributed by atoms with Gasteiger partial charge in [0.05, 0.1) is 0 Å².